The number of hydrogen-bond donors (Lipinski definition) is 1. The molecule has 0 aliphatic heterocycles. The van der Waals surface area contributed by atoms with Crippen LogP contribution in [0.2, 0.25) is 5.02 Å². The van der Waals surface area contributed by atoms with Crippen molar-refractivity contribution >= 4 is 39.0 Å². The monoisotopic (exact) mass is 413 g/mol. The topological polar surface area (TPSA) is 89.5 Å². The van der Waals surface area contributed by atoms with Crippen molar-refractivity contribution in [1.29, 1.82) is 0 Å². The molecule has 9 heteroatoms. The number of ether oxygens (including phenoxy) is 1. The molecule has 0 aromatic heterocycles. The summed E-state index contributed by atoms with van der Waals surface area (Å²) in [4.78, 5) is 24.2. The van der Waals surface area contributed by atoms with Crippen molar-refractivity contribution in [1.82, 2.24) is 0 Å². The zero-order valence-electron chi connectivity index (χ0n) is 14.5. The normalized spacial score (nSPS) is 12.3. The molecule has 0 bridgehead atoms. The molecule has 0 aliphatic carbocycles. The standard InChI is InChI=1S/C18H17ClFNO5S/c1-11(17(22)21-14-7-8-16(20)15(19)9-14)26-18(23)13-5-3-12(4-6-13)10-27(2,24)25/h3-9,11H,10H2,1-2H3,(H,21,22)/t11-/m0/s1. The van der Waals surface area contributed by atoms with Crippen molar-refractivity contribution in [2.24, 2.45) is 0 Å². The Bertz CT molecular complexity index is 960. The smallest absolute Gasteiger partial charge is 0.338 e. The number of carbonyl (C=O) groups is 2. The summed E-state index contributed by atoms with van der Waals surface area (Å²) in [7, 11) is -3.18. The summed E-state index contributed by atoms with van der Waals surface area (Å²) in [6.07, 6.45) is 0.000984. The van der Waals surface area contributed by atoms with E-state index in [1.807, 2.05) is 0 Å². The van der Waals surface area contributed by atoms with Crippen LogP contribution in [0.25, 0.3) is 0 Å². The average Bonchev–Trinajstić information content (AvgIpc) is 2.57. The van der Waals surface area contributed by atoms with E-state index in [1.54, 1.807) is 0 Å². The first-order valence-corrected chi connectivity index (χ1v) is 10.2. The number of amides is 1. The van der Waals surface area contributed by atoms with Gasteiger partial charge in [-0.15, -0.1) is 0 Å². The van der Waals surface area contributed by atoms with Crippen LogP contribution >= 0.6 is 11.6 Å². The lowest BCUT2D eigenvalue weighted by molar-refractivity contribution is -0.123. The van der Waals surface area contributed by atoms with Gasteiger partial charge in [0.15, 0.2) is 15.9 Å². The maximum atomic E-state index is 13.1. The molecule has 2 aromatic rings. The lowest BCUT2D eigenvalue weighted by Gasteiger charge is -2.14. The largest absolute Gasteiger partial charge is 0.449 e. The SMILES string of the molecule is C[C@H](OC(=O)c1ccc(CS(C)(=O)=O)cc1)C(=O)Nc1ccc(F)c(Cl)c1. The molecule has 0 unspecified atom stereocenters. The highest BCUT2D eigenvalue weighted by atomic mass is 35.5. The Labute approximate surface area is 161 Å². The number of halogens is 2. The van der Waals surface area contributed by atoms with E-state index < -0.39 is 33.6 Å². The van der Waals surface area contributed by atoms with Crippen LogP contribution in [0.1, 0.15) is 22.8 Å². The van der Waals surface area contributed by atoms with Crippen LogP contribution in [0.3, 0.4) is 0 Å². The third kappa shape index (κ3) is 6.33. The molecule has 0 aliphatic rings. The molecule has 0 saturated heterocycles. The third-order valence-corrected chi connectivity index (χ3v) is 4.61. The zero-order chi connectivity index (χ0) is 20.2. The molecule has 6 nitrogen and oxygen atoms in total. The minimum atomic E-state index is -3.18. The van der Waals surface area contributed by atoms with Crippen LogP contribution < -0.4 is 5.32 Å². The van der Waals surface area contributed by atoms with Gasteiger partial charge in [0.25, 0.3) is 5.91 Å². The van der Waals surface area contributed by atoms with E-state index in [1.165, 1.54) is 43.3 Å². The molecule has 0 saturated carbocycles. The van der Waals surface area contributed by atoms with Gasteiger partial charge in [-0.1, -0.05) is 23.7 Å². The van der Waals surface area contributed by atoms with E-state index in [4.69, 9.17) is 16.3 Å². The van der Waals surface area contributed by atoms with E-state index in [2.05, 4.69) is 5.32 Å². The molecule has 0 radical (unpaired) electrons. The molecular formula is C18H17ClFNO5S. The second-order valence-corrected chi connectivity index (χ2v) is 8.48. The van der Waals surface area contributed by atoms with Gasteiger partial charge in [-0.3, -0.25) is 4.79 Å². The lowest BCUT2D eigenvalue weighted by atomic mass is 10.1. The van der Waals surface area contributed by atoms with E-state index in [-0.39, 0.29) is 22.0 Å². The summed E-state index contributed by atoms with van der Waals surface area (Å²) < 4.78 is 40.7. The Hall–Kier alpha value is -2.45. The van der Waals surface area contributed by atoms with Crippen LogP contribution in [0, 0.1) is 5.82 Å². The van der Waals surface area contributed by atoms with E-state index in [9.17, 15) is 22.4 Å². The zero-order valence-corrected chi connectivity index (χ0v) is 16.1. The van der Waals surface area contributed by atoms with Crippen molar-refractivity contribution in [3.05, 3.63) is 64.4 Å². The van der Waals surface area contributed by atoms with E-state index in [0.717, 1.165) is 12.3 Å². The second-order valence-electron chi connectivity index (χ2n) is 5.93. The Morgan fingerprint density at radius 1 is 1.19 bits per heavy atom. The first kappa shape index (κ1) is 20.9. The molecule has 0 heterocycles. The molecule has 2 aromatic carbocycles. The number of carbonyl (C=O) groups excluding carboxylic acids is 2. The van der Waals surface area contributed by atoms with Gasteiger partial charge in [0.05, 0.1) is 16.3 Å². The number of anilines is 1. The van der Waals surface area contributed by atoms with Crippen molar-refractivity contribution in [2.75, 3.05) is 11.6 Å². The molecule has 2 rings (SSSR count). The Morgan fingerprint density at radius 2 is 1.81 bits per heavy atom. The Kier molecular flexibility index (Phi) is 6.56. The first-order chi connectivity index (χ1) is 12.5. The van der Waals surface area contributed by atoms with Crippen LogP contribution in [-0.4, -0.2) is 32.7 Å². The van der Waals surface area contributed by atoms with Crippen LogP contribution in [0.4, 0.5) is 10.1 Å². The van der Waals surface area contributed by atoms with Gasteiger partial charge >= 0.3 is 5.97 Å². The fraction of sp³-hybridized carbons (Fsp3) is 0.222. The van der Waals surface area contributed by atoms with Gasteiger partial charge in [0.2, 0.25) is 0 Å². The molecule has 144 valence electrons. The minimum Gasteiger partial charge on any atom is -0.449 e. The molecule has 1 N–H and O–H groups in total. The molecule has 0 fully saturated rings. The van der Waals surface area contributed by atoms with E-state index in [0.29, 0.717) is 5.56 Å². The maximum absolute atomic E-state index is 13.1. The Balaban J connectivity index is 1.97. The summed E-state index contributed by atoms with van der Waals surface area (Å²) in [5, 5.41) is 2.32. The number of sulfone groups is 1. The average molecular weight is 414 g/mol. The summed E-state index contributed by atoms with van der Waals surface area (Å²) in [6, 6.07) is 9.52. The van der Waals surface area contributed by atoms with Gasteiger partial charge in [-0.2, -0.15) is 0 Å². The third-order valence-electron chi connectivity index (χ3n) is 3.46. The molecular weight excluding hydrogens is 397 g/mol. The highest BCUT2D eigenvalue weighted by molar-refractivity contribution is 7.89. The molecule has 1 amide bonds. The number of nitrogens with one attached hydrogen (secondary N) is 1. The first-order valence-electron chi connectivity index (χ1n) is 7.79. The van der Waals surface area contributed by atoms with E-state index >= 15 is 0 Å². The number of esters is 1. The van der Waals surface area contributed by atoms with Crippen LogP contribution in [-0.2, 0) is 25.1 Å². The van der Waals surface area contributed by atoms with Crippen LogP contribution in [0.5, 0.6) is 0 Å². The number of rotatable bonds is 6. The van der Waals surface area contributed by atoms with Gasteiger partial charge in [-0.05, 0) is 42.8 Å². The fourth-order valence-electron chi connectivity index (χ4n) is 2.14. The quantitative estimate of drug-likeness (QED) is 0.734. The summed E-state index contributed by atoms with van der Waals surface area (Å²) in [5.41, 5.74) is 0.976. The minimum absolute atomic E-state index is 0.138. The predicted octanol–water partition coefficient (Wildman–Crippen LogP) is 3.21. The van der Waals surface area contributed by atoms with Gasteiger partial charge in [-0.25, -0.2) is 17.6 Å². The second kappa shape index (κ2) is 8.49. The summed E-state index contributed by atoms with van der Waals surface area (Å²) in [6.45, 7) is 1.39. The van der Waals surface area contributed by atoms with Crippen LogP contribution in [0.15, 0.2) is 42.5 Å². The number of hydrogen-bond acceptors (Lipinski definition) is 5. The summed E-state index contributed by atoms with van der Waals surface area (Å²) >= 11 is 5.64. The van der Waals surface area contributed by atoms with Gasteiger partial charge in [0, 0.05) is 11.9 Å². The molecule has 27 heavy (non-hydrogen) atoms. The maximum Gasteiger partial charge on any atom is 0.338 e. The number of benzene rings is 2. The predicted molar refractivity (Wildman–Crippen MR) is 99.9 cm³/mol. The Morgan fingerprint density at radius 3 is 2.37 bits per heavy atom. The van der Waals surface area contributed by atoms with Crippen molar-refractivity contribution in [3.63, 3.8) is 0 Å². The van der Waals surface area contributed by atoms with Crippen molar-refractivity contribution < 1.29 is 27.1 Å². The van der Waals surface area contributed by atoms with Crippen molar-refractivity contribution in [3.8, 4) is 0 Å². The highest BCUT2D eigenvalue weighted by Gasteiger charge is 2.19. The molecule has 0 spiro atoms. The van der Waals surface area contributed by atoms with Gasteiger partial charge in [0.1, 0.15) is 5.82 Å². The summed E-state index contributed by atoms with van der Waals surface area (Å²) in [5.74, 6) is -2.10. The fourth-order valence-corrected chi connectivity index (χ4v) is 3.12. The lowest BCUT2D eigenvalue weighted by Crippen LogP contribution is -2.30. The van der Waals surface area contributed by atoms with Crippen molar-refractivity contribution in [2.45, 2.75) is 18.8 Å². The highest BCUT2D eigenvalue weighted by Crippen LogP contribution is 2.19. The van der Waals surface area contributed by atoms with Gasteiger partial charge < -0.3 is 10.1 Å². The molecule has 1 atom stereocenters.